The summed E-state index contributed by atoms with van der Waals surface area (Å²) in [6.45, 7) is 0. The zero-order valence-electron chi connectivity index (χ0n) is 15.0. The minimum Gasteiger partial charge on any atom is -0.338 e. The SMILES string of the molecule is CN1C(=O)CC(C(=O)Nc2nc(-c3ccc(Cl)cc3)cs2)C1c1cccnc1. The average Bonchev–Trinajstić information content (AvgIpc) is 3.28. The molecule has 4 rings (SSSR count). The summed E-state index contributed by atoms with van der Waals surface area (Å²) < 4.78 is 0. The molecule has 28 heavy (non-hydrogen) atoms. The molecule has 0 aliphatic carbocycles. The standard InChI is InChI=1S/C20H17ClN4O2S/c1-25-17(26)9-15(18(25)13-3-2-8-22-10-13)19(27)24-20-23-16(11-28-20)12-4-6-14(21)7-5-12/h2-8,10-11,15,18H,9H2,1H3,(H,23,24,27). The Morgan fingerprint density at radius 1 is 1.29 bits per heavy atom. The molecule has 1 aromatic carbocycles. The second-order valence-corrected chi connectivity index (χ2v) is 7.88. The van der Waals surface area contributed by atoms with Gasteiger partial charge in [-0.1, -0.05) is 29.8 Å². The number of hydrogen-bond acceptors (Lipinski definition) is 5. The Labute approximate surface area is 171 Å². The Balaban J connectivity index is 1.53. The average molecular weight is 413 g/mol. The van der Waals surface area contributed by atoms with Crippen molar-refractivity contribution in [2.45, 2.75) is 12.5 Å². The molecule has 142 valence electrons. The third-order valence-corrected chi connectivity index (χ3v) is 5.83. The molecule has 1 aliphatic rings. The predicted octanol–water partition coefficient (Wildman–Crippen LogP) is 4.02. The van der Waals surface area contributed by atoms with Crippen LogP contribution in [0, 0.1) is 5.92 Å². The number of aromatic nitrogens is 2. The van der Waals surface area contributed by atoms with Crippen molar-refractivity contribution in [3.63, 3.8) is 0 Å². The summed E-state index contributed by atoms with van der Waals surface area (Å²) in [7, 11) is 1.72. The first-order valence-corrected chi connectivity index (χ1v) is 9.96. The molecule has 2 atom stereocenters. The molecule has 1 N–H and O–H groups in total. The normalized spacial score (nSPS) is 19.1. The molecular formula is C20H17ClN4O2S. The summed E-state index contributed by atoms with van der Waals surface area (Å²) in [5.74, 6) is -0.775. The van der Waals surface area contributed by atoms with Crippen molar-refractivity contribution in [3.8, 4) is 11.3 Å². The van der Waals surface area contributed by atoms with Gasteiger partial charge in [0.15, 0.2) is 5.13 Å². The summed E-state index contributed by atoms with van der Waals surface area (Å²) in [5.41, 5.74) is 2.53. The van der Waals surface area contributed by atoms with Crippen LogP contribution in [0.4, 0.5) is 5.13 Å². The van der Waals surface area contributed by atoms with Crippen LogP contribution < -0.4 is 5.32 Å². The van der Waals surface area contributed by atoms with Crippen molar-refractivity contribution in [2.75, 3.05) is 12.4 Å². The van der Waals surface area contributed by atoms with Gasteiger partial charge in [-0.3, -0.25) is 14.6 Å². The number of anilines is 1. The van der Waals surface area contributed by atoms with E-state index in [1.165, 1.54) is 11.3 Å². The largest absolute Gasteiger partial charge is 0.338 e. The topological polar surface area (TPSA) is 75.2 Å². The highest BCUT2D eigenvalue weighted by Crippen LogP contribution is 2.37. The molecule has 0 spiro atoms. The molecule has 8 heteroatoms. The van der Waals surface area contributed by atoms with Gasteiger partial charge in [0.05, 0.1) is 17.7 Å². The molecule has 2 unspecified atom stereocenters. The van der Waals surface area contributed by atoms with Gasteiger partial charge in [-0.2, -0.15) is 0 Å². The number of likely N-dealkylation sites (tertiary alicyclic amines) is 1. The molecule has 0 bridgehead atoms. The third kappa shape index (κ3) is 3.63. The van der Waals surface area contributed by atoms with E-state index in [-0.39, 0.29) is 24.3 Å². The molecule has 2 aromatic heterocycles. The zero-order chi connectivity index (χ0) is 19.7. The Hall–Kier alpha value is -2.77. The van der Waals surface area contributed by atoms with Crippen molar-refractivity contribution in [3.05, 3.63) is 64.8 Å². The number of nitrogens with one attached hydrogen (secondary N) is 1. The number of carbonyl (C=O) groups excluding carboxylic acids is 2. The van der Waals surface area contributed by atoms with Crippen LogP contribution in [0.1, 0.15) is 18.0 Å². The van der Waals surface area contributed by atoms with Crippen molar-refractivity contribution >= 4 is 39.9 Å². The minimum atomic E-state index is -0.496. The van der Waals surface area contributed by atoms with Gasteiger partial charge in [0.25, 0.3) is 0 Å². The molecule has 1 fully saturated rings. The summed E-state index contributed by atoms with van der Waals surface area (Å²) in [5, 5.41) is 5.91. The van der Waals surface area contributed by atoms with E-state index in [2.05, 4.69) is 15.3 Å². The molecule has 6 nitrogen and oxygen atoms in total. The lowest BCUT2D eigenvalue weighted by Gasteiger charge is -2.24. The van der Waals surface area contributed by atoms with Crippen LogP contribution in [0.15, 0.2) is 54.2 Å². The van der Waals surface area contributed by atoms with Crippen LogP contribution in [0.2, 0.25) is 5.02 Å². The predicted molar refractivity (Wildman–Crippen MR) is 109 cm³/mol. The first-order chi connectivity index (χ1) is 13.5. The van der Waals surface area contributed by atoms with Gasteiger partial charge < -0.3 is 10.2 Å². The molecule has 1 aliphatic heterocycles. The number of thiazole rings is 1. The fraction of sp³-hybridized carbons (Fsp3) is 0.200. The lowest BCUT2D eigenvalue weighted by atomic mass is 9.94. The van der Waals surface area contributed by atoms with Crippen LogP contribution in [0.3, 0.4) is 0 Å². The highest BCUT2D eigenvalue weighted by molar-refractivity contribution is 7.14. The van der Waals surface area contributed by atoms with Crippen LogP contribution >= 0.6 is 22.9 Å². The van der Waals surface area contributed by atoms with E-state index in [1.54, 1.807) is 42.5 Å². The summed E-state index contributed by atoms with van der Waals surface area (Å²) in [6.07, 6.45) is 3.53. The fourth-order valence-electron chi connectivity index (χ4n) is 3.39. The maximum atomic E-state index is 12.9. The second kappa shape index (κ2) is 7.69. The summed E-state index contributed by atoms with van der Waals surface area (Å²) >= 11 is 7.27. The summed E-state index contributed by atoms with van der Waals surface area (Å²) in [6, 6.07) is 10.7. The van der Waals surface area contributed by atoms with E-state index in [0.29, 0.717) is 10.2 Å². The van der Waals surface area contributed by atoms with Gasteiger partial charge in [-0.15, -0.1) is 11.3 Å². The number of benzene rings is 1. The van der Waals surface area contributed by atoms with Gasteiger partial charge in [0.2, 0.25) is 11.8 Å². The maximum Gasteiger partial charge on any atom is 0.232 e. The molecule has 3 aromatic rings. The maximum absolute atomic E-state index is 12.9. The molecular weight excluding hydrogens is 396 g/mol. The van der Waals surface area contributed by atoms with Crippen LogP contribution in [0.5, 0.6) is 0 Å². The van der Waals surface area contributed by atoms with Gasteiger partial charge >= 0.3 is 0 Å². The molecule has 0 radical (unpaired) electrons. The number of pyridine rings is 1. The van der Waals surface area contributed by atoms with Gasteiger partial charge in [0, 0.05) is 41.8 Å². The number of rotatable bonds is 4. The van der Waals surface area contributed by atoms with Crippen molar-refractivity contribution in [1.82, 2.24) is 14.9 Å². The fourth-order valence-corrected chi connectivity index (χ4v) is 4.24. The molecule has 2 amide bonds. The monoisotopic (exact) mass is 412 g/mol. The van der Waals surface area contributed by atoms with E-state index < -0.39 is 5.92 Å². The zero-order valence-corrected chi connectivity index (χ0v) is 16.6. The highest BCUT2D eigenvalue weighted by Gasteiger charge is 2.43. The lowest BCUT2D eigenvalue weighted by molar-refractivity contribution is -0.127. The second-order valence-electron chi connectivity index (χ2n) is 6.58. The Morgan fingerprint density at radius 3 is 2.79 bits per heavy atom. The van der Waals surface area contributed by atoms with Crippen molar-refractivity contribution < 1.29 is 9.59 Å². The van der Waals surface area contributed by atoms with E-state index >= 15 is 0 Å². The number of hydrogen-bond donors (Lipinski definition) is 1. The first kappa shape index (κ1) is 18.6. The van der Waals surface area contributed by atoms with E-state index in [4.69, 9.17) is 11.6 Å². The Bertz CT molecular complexity index is 1010. The van der Waals surface area contributed by atoms with Gasteiger partial charge in [0.1, 0.15) is 0 Å². The van der Waals surface area contributed by atoms with Crippen LogP contribution in [-0.2, 0) is 9.59 Å². The van der Waals surface area contributed by atoms with E-state index in [9.17, 15) is 9.59 Å². The van der Waals surface area contributed by atoms with Gasteiger partial charge in [-0.25, -0.2) is 4.98 Å². The van der Waals surface area contributed by atoms with Crippen LogP contribution in [-0.4, -0.2) is 33.7 Å². The number of nitrogens with zero attached hydrogens (tertiary/aromatic N) is 3. The first-order valence-electron chi connectivity index (χ1n) is 8.71. The number of carbonyl (C=O) groups is 2. The van der Waals surface area contributed by atoms with Gasteiger partial charge in [-0.05, 0) is 23.8 Å². The molecule has 3 heterocycles. The number of halogens is 1. The van der Waals surface area contributed by atoms with Crippen molar-refractivity contribution in [2.24, 2.45) is 5.92 Å². The lowest BCUT2D eigenvalue weighted by Crippen LogP contribution is -2.30. The smallest absolute Gasteiger partial charge is 0.232 e. The highest BCUT2D eigenvalue weighted by atomic mass is 35.5. The minimum absolute atomic E-state index is 0.0602. The van der Waals surface area contributed by atoms with Crippen molar-refractivity contribution in [1.29, 1.82) is 0 Å². The van der Waals surface area contributed by atoms with Crippen LogP contribution in [0.25, 0.3) is 11.3 Å². The van der Waals surface area contributed by atoms with E-state index in [1.807, 2.05) is 23.6 Å². The Morgan fingerprint density at radius 2 is 2.07 bits per heavy atom. The molecule has 0 saturated carbocycles. The summed E-state index contributed by atoms with van der Waals surface area (Å²) in [4.78, 5) is 35.4. The third-order valence-electron chi connectivity index (χ3n) is 4.82. The Kier molecular flexibility index (Phi) is 5.11. The molecule has 1 saturated heterocycles. The van der Waals surface area contributed by atoms with E-state index in [0.717, 1.165) is 16.8 Å². The quantitative estimate of drug-likeness (QED) is 0.702. The number of amides is 2.